The number of phenols is 2. The van der Waals surface area contributed by atoms with Crippen molar-refractivity contribution in [3.8, 4) is 33.9 Å². The molecule has 0 aliphatic carbocycles. The number of rotatable bonds is 5. The van der Waals surface area contributed by atoms with Gasteiger partial charge in [0.05, 0.1) is 16.8 Å². The molecule has 4 rings (SSSR count). The Kier molecular flexibility index (Phi) is 6.03. The molecule has 0 bridgehead atoms. The maximum absolute atomic E-state index is 10.5. The molecule has 6 nitrogen and oxygen atoms in total. The van der Waals surface area contributed by atoms with Gasteiger partial charge >= 0.3 is 0 Å². The second kappa shape index (κ2) is 8.73. The molecule has 2 N–H and O–H groups in total. The second-order valence-electron chi connectivity index (χ2n) is 8.83. The molecule has 1 fully saturated rings. The Balaban J connectivity index is 1.63. The molecule has 1 aromatic heterocycles. The smallest absolute Gasteiger partial charge is 0.178 e. The number of aromatic hydroxyl groups is 2. The minimum Gasteiger partial charge on any atom is -0.508 e. The lowest BCUT2D eigenvalue weighted by molar-refractivity contribution is 0.148. The molecule has 2 aromatic carbocycles. The largest absolute Gasteiger partial charge is 0.508 e. The van der Waals surface area contributed by atoms with Crippen molar-refractivity contribution in [1.29, 1.82) is 0 Å². The molecule has 2 heterocycles. The maximum atomic E-state index is 10.5. The first-order valence-corrected chi connectivity index (χ1v) is 10.9. The maximum Gasteiger partial charge on any atom is 0.178 e. The number of piperazine rings is 1. The lowest BCUT2D eigenvalue weighted by Gasteiger charge is -2.32. The van der Waals surface area contributed by atoms with Gasteiger partial charge in [0.15, 0.2) is 5.76 Å². The summed E-state index contributed by atoms with van der Waals surface area (Å²) in [6.45, 7) is 11.2. The normalized spacial score (nSPS) is 15.6. The van der Waals surface area contributed by atoms with E-state index in [-0.39, 0.29) is 17.4 Å². The molecule has 0 spiro atoms. The van der Waals surface area contributed by atoms with Crippen LogP contribution in [0.15, 0.2) is 40.9 Å². The van der Waals surface area contributed by atoms with Crippen molar-refractivity contribution in [3.63, 3.8) is 0 Å². The predicted octanol–water partition coefficient (Wildman–Crippen LogP) is 4.60. The first-order chi connectivity index (χ1) is 14.8. The fourth-order valence-electron chi connectivity index (χ4n) is 4.17. The molecule has 3 aromatic rings. The van der Waals surface area contributed by atoms with Gasteiger partial charge in [0.25, 0.3) is 0 Å². The van der Waals surface area contributed by atoms with Gasteiger partial charge in [-0.25, -0.2) is 0 Å². The van der Waals surface area contributed by atoms with Gasteiger partial charge in [-0.15, -0.1) is 0 Å². The van der Waals surface area contributed by atoms with Crippen molar-refractivity contribution in [2.75, 3.05) is 33.2 Å². The third-order valence-electron chi connectivity index (χ3n) is 6.12. The van der Waals surface area contributed by atoms with Crippen molar-refractivity contribution in [3.05, 3.63) is 53.2 Å². The van der Waals surface area contributed by atoms with E-state index in [1.54, 1.807) is 6.07 Å². The predicted molar refractivity (Wildman–Crippen MR) is 122 cm³/mol. The number of aromatic nitrogens is 1. The first-order valence-electron chi connectivity index (χ1n) is 10.9. The van der Waals surface area contributed by atoms with E-state index in [1.165, 1.54) is 11.6 Å². The van der Waals surface area contributed by atoms with E-state index in [1.807, 2.05) is 20.8 Å². The molecule has 1 saturated heterocycles. The summed E-state index contributed by atoms with van der Waals surface area (Å²) in [4.78, 5) is 4.84. The summed E-state index contributed by atoms with van der Waals surface area (Å²) in [5.41, 5.74) is 5.20. The van der Waals surface area contributed by atoms with Crippen LogP contribution < -0.4 is 0 Å². The van der Waals surface area contributed by atoms with E-state index in [4.69, 9.17) is 4.52 Å². The molecule has 0 radical (unpaired) electrons. The highest BCUT2D eigenvalue weighted by atomic mass is 16.5. The molecule has 164 valence electrons. The third-order valence-corrected chi connectivity index (χ3v) is 6.12. The Morgan fingerprint density at radius 1 is 1.00 bits per heavy atom. The quantitative estimate of drug-likeness (QED) is 0.627. The van der Waals surface area contributed by atoms with Gasteiger partial charge in [0, 0.05) is 38.8 Å². The van der Waals surface area contributed by atoms with E-state index in [9.17, 15) is 10.2 Å². The van der Waals surface area contributed by atoms with Crippen LogP contribution in [0.5, 0.6) is 11.5 Å². The lowest BCUT2D eigenvalue weighted by Crippen LogP contribution is -2.43. The third kappa shape index (κ3) is 4.45. The fourth-order valence-corrected chi connectivity index (χ4v) is 4.17. The molecule has 6 heteroatoms. The average molecular weight is 422 g/mol. The van der Waals surface area contributed by atoms with Gasteiger partial charge in [-0.3, -0.25) is 4.90 Å². The summed E-state index contributed by atoms with van der Waals surface area (Å²) in [6.07, 6.45) is 0. The molecule has 0 amide bonds. The highest BCUT2D eigenvalue weighted by molar-refractivity contribution is 5.84. The SMILES string of the molecule is Cc1noc(-c2cc(C(C)C)c(O)cc2O)c1-c1ccc(CN2CCN(C)CC2)cc1. The van der Waals surface area contributed by atoms with Crippen LogP contribution >= 0.6 is 0 Å². The minimum absolute atomic E-state index is 0.0222. The Bertz CT molecular complexity index is 1050. The molecule has 1 aliphatic rings. The van der Waals surface area contributed by atoms with Gasteiger partial charge < -0.3 is 19.6 Å². The summed E-state index contributed by atoms with van der Waals surface area (Å²) >= 11 is 0. The van der Waals surface area contributed by atoms with Crippen LogP contribution in [0.1, 0.15) is 36.6 Å². The number of benzene rings is 2. The fraction of sp³-hybridized carbons (Fsp3) is 0.400. The van der Waals surface area contributed by atoms with Gasteiger partial charge in [-0.1, -0.05) is 43.3 Å². The van der Waals surface area contributed by atoms with Crippen molar-refractivity contribution in [2.24, 2.45) is 0 Å². The second-order valence-corrected chi connectivity index (χ2v) is 8.83. The van der Waals surface area contributed by atoms with Crippen LogP contribution in [-0.4, -0.2) is 58.4 Å². The zero-order chi connectivity index (χ0) is 22.1. The summed E-state index contributed by atoms with van der Waals surface area (Å²) in [5, 5.41) is 24.9. The Morgan fingerprint density at radius 2 is 1.68 bits per heavy atom. The van der Waals surface area contributed by atoms with Crippen LogP contribution in [0.4, 0.5) is 0 Å². The topological polar surface area (TPSA) is 73.0 Å². The van der Waals surface area contributed by atoms with Crippen LogP contribution in [0, 0.1) is 6.92 Å². The van der Waals surface area contributed by atoms with Gasteiger partial charge in [-0.2, -0.15) is 0 Å². The van der Waals surface area contributed by atoms with Crippen molar-refractivity contribution >= 4 is 0 Å². The number of phenolic OH excluding ortho intramolecular Hbond substituents is 2. The monoisotopic (exact) mass is 421 g/mol. The summed E-state index contributed by atoms with van der Waals surface area (Å²) in [5.74, 6) is 0.692. The molecule has 1 aliphatic heterocycles. The van der Waals surface area contributed by atoms with E-state index in [2.05, 4.69) is 46.3 Å². The number of hydrogen-bond donors (Lipinski definition) is 2. The van der Waals surface area contributed by atoms with Crippen LogP contribution in [0.3, 0.4) is 0 Å². The van der Waals surface area contributed by atoms with E-state index in [0.717, 1.165) is 55.1 Å². The standard InChI is InChI=1S/C25H31N3O3/c1-16(2)20-13-21(23(30)14-22(20)29)25-24(17(3)26-31-25)19-7-5-18(6-8-19)15-28-11-9-27(4)10-12-28/h5-8,13-14,16,29-30H,9-12,15H2,1-4H3. The highest BCUT2D eigenvalue weighted by Crippen LogP contribution is 2.42. The molecule has 0 saturated carbocycles. The number of aryl methyl sites for hydroxylation is 1. The minimum atomic E-state index is -0.0222. The van der Waals surface area contributed by atoms with Crippen molar-refractivity contribution < 1.29 is 14.7 Å². The van der Waals surface area contributed by atoms with E-state index < -0.39 is 0 Å². The van der Waals surface area contributed by atoms with Crippen molar-refractivity contribution in [1.82, 2.24) is 15.0 Å². The Hall–Kier alpha value is -2.83. The molecule has 31 heavy (non-hydrogen) atoms. The number of hydrogen-bond acceptors (Lipinski definition) is 6. The first kappa shape index (κ1) is 21.4. The van der Waals surface area contributed by atoms with Gasteiger partial charge in [0.1, 0.15) is 11.5 Å². The molecular formula is C25H31N3O3. The zero-order valence-corrected chi connectivity index (χ0v) is 18.7. The summed E-state index contributed by atoms with van der Waals surface area (Å²) in [6, 6.07) is 11.7. The molecule has 0 unspecified atom stereocenters. The molecule has 0 atom stereocenters. The van der Waals surface area contributed by atoms with Crippen LogP contribution in [0.2, 0.25) is 0 Å². The van der Waals surface area contributed by atoms with E-state index >= 15 is 0 Å². The van der Waals surface area contributed by atoms with Crippen LogP contribution in [-0.2, 0) is 6.54 Å². The molecular weight excluding hydrogens is 390 g/mol. The summed E-state index contributed by atoms with van der Waals surface area (Å²) < 4.78 is 5.65. The lowest BCUT2D eigenvalue weighted by atomic mass is 9.94. The van der Waals surface area contributed by atoms with Crippen molar-refractivity contribution in [2.45, 2.75) is 33.2 Å². The Labute approximate surface area is 183 Å². The van der Waals surface area contributed by atoms with Gasteiger partial charge in [0.2, 0.25) is 0 Å². The summed E-state index contributed by atoms with van der Waals surface area (Å²) in [7, 11) is 2.17. The van der Waals surface area contributed by atoms with E-state index in [0.29, 0.717) is 11.3 Å². The Morgan fingerprint density at radius 3 is 2.32 bits per heavy atom. The average Bonchev–Trinajstić information content (AvgIpc) is 3.11. The number of nitrogens with zero attached hydrogens (tertiary/aromatic N) is 3. The van der Waals surface area contributed by atoms with Crippen LogP contribution in [0.25, 0.3) is 22.5 Å². The zero-order valence-electron chi connectivity index (χ0n) is 18.7. The van der Waals surface area contributed by atoms with Gasteiger partial charge in [-0.05, 0) is 42.6 Å². The number of likely N-dealkylation sites (N-methyl/N-ethyl adjacent to an activating group) is 1. The highest BCUT2D eigenvalue weighted by Gasteiger charge is 2.22.